The molecule has 1 aliphatic rings. The number of nitrogens with zero attached hydrogens (tertiary/aromatic N) is 1. The number of hydrogen-bond acceptors (Lipinski definition) is 2. The quantitative estimate of drug-likeness (QED) is 0.848. The third-order valence-electron chi connectivity index (χ3n) is 3.39. The third-order valence-corrected chi connectivity index (χ3v) is 3.39. The Morgan fingerprint density at radius 2 is 2.12 bits per heavy atom. The van der Waals surface area contributed by atoms with E-state index >= 15 is 0 Å². The van der Waals surface area contributed by atoms with Gasteiger partial charge in [0.15, 0.2) is 0 Å². The molecule has 0 aliphatic carbocycles. The smallest absolute Gasteiger partial charge is 0.303 e. The van der Waals surface area contributed by atoms with Gasteiger partial charge in [-0.25, -0.2) is 0 Å². The molecule has 0 bridgehead atoms. The van der Waals surface area contributed by atoms with Gasteiger partial charge in [-0.3, -0.25) is 9.69 Å². The summed E-state index contributed by atoms with van der Waals surface area (Å²) in [7, 11) is 0. The summed E-state index contributed by atoms with van der Waals surface area (Å²) >= 11 is 0. The van der Waals surface area contributed by atoms with Gasteiger partial charge in [-0.05, 0) is 30.9 Å². The Kier molecular flexibility index (Phi) is 4.15. The second-order valence-electron chi connectivity index (χ2n) is 4.81. The van der Waals surface area contributed by atoms with Gasteiger partial charge >= 0.3 is 5.97 Å². The summed E-state index contributed by atoms with van der Waals surface area (Å²) in [6.07, 6.45) is 2.27. The first kappa shape index (κ1) is 12.1. The lowest BCUT2D eigenvalue weighted by Crippen LogP contribution is -2.20. The molecule has 2 rings (SSSR count). The van der Waals surface area contributed by atoms with E-state index in [9.17, 15) is 4.79 Å². The maximum Gasteiger partial charge on any atom is 0.303 e. The SMILES string of the molecule is O=C(O)CCC1CCN(Cc2ccccc2)C1. The van der Waals surface area contributed by atoms with Crippen molar-refractivity contribution in [2.75, 3.05) is 13.1 Å². The Bertz CT molecular complexity index is 364. The van der Waals surface area contributed by atoms with Crippen LogP contribution in [0.4, 0.5) is 0 Å². The molecule has 1 N–H and O–H groups in total. The van der Waals surface area contributed by atoms with Crippen molar-refractivity contribution in [3.05, 3.63) is 35.9 Å². The Labute approximate surface area is 102 Å². The highest BCUT2D eigenvalue weighted by Crippen LogP contribution is 2.22. The molecule has 1 fully saturated rings. The molecule has 0 spiro atoms. The minimum absolute atomic E-state index is 0.309. The van der Waals surface area contributed by atoms with Crippen LogP contribution in [0.25, 0.3) is 0 Å². The average molecular weight is 233 g/mol. The Morgan fingerprint density at radius 1 is 1.35 bits per heavy atom. The van der Waals surface area contributed by atoms with Crippen LogP contribution >= 0.6 is 0 Å². The standard InChI is InChI=1S/C14H19NO2/c16-14(17)7-6-13-8-9-15(11-13)10-12-4-2-1-3-5-12/h1-5,13H,6-11H2,(H,16,17). The highest BCUT2D eigenvalue weighted by atomic mass is 16.4. The molecular formula is C14H19NO2. The van der Waals surface area contributed by atoms with Crippen molar-refractivity contribution < 1.29 is 9.90 Å². The molecule has 3 heteroatoms. The zero-order chi connectivity index (χ0) is 12.1. The molecule has 1 aliphatic heterocycles. The first-order valence-electron chi connectivity index (χ1n) is 6.22. The maximum absolute atomic E-state index is 10.5. The first-order chi connectivity index (χ1) is 8.24. The number of rotatable bonds is 5. The number of carboxylic acids is 1. The number of hydrogen-bond donors (Lipinski definition) is 1. The van der Waals surface area contributed by atoms with Crippen LogP contribution in [0.3, 0.4) is 0 Å². The number of carbonyl (C=O) groups is 1. The normalized spacial score (nSPS) is 20.6. The molecule has 3 nitrogen and oxygen atoms in total. The van der Waals surface area contributed by atoms with Crippen molar-refractivity contribution in [2.24, 2.45) is 5.92 Å². The van der Waals surface area contributed by atoms with E-state index in [1.54, 1.807) is 0 Å². The highest BCUT2D eigenvalue weighted by molar-refractivity contribution is 5.66. The van der Waals surface area contributed by atoms with Crippen LogP contribution in [0.2, 0.25) is 0 Å². The lowest BCUT2D eigenvalue weighted by Gasteiger charge is -2.15. The van der Waals surface area contributed by atoms with E-state index in [0.717, 1.165) is 32.5 Å². The predicted molar refractivity (Wildman–Crippen MR) is 66.7 cm³/mol. The van der Waals surface area contributed by atoms with Crippen molar-refractivity contribution in [1.82, 2.24) is 4.90 Å². The number of aliphatic carboxylic acids is 1. The molecule has 0 aromatic heterocycles. The van der Waals surface area contributed by atoms with Crippen LogP contribution in [0.15, 0.2) is 30.3 Å². The van der Waals surface area contributed by atoms with Crippen molar-refractivity contribution in [1.29, 1.82) is 0 Å². The highest BCUT2D eigenvalue weighted by Gasteiger charge is 2.22. The van der Waals surface area contributed by atoms with E-state index in [2.05, 4.69) is 29.2 Å². The Balaban J connectivity index is 1.76. The molecule has 0 radical (unpaired) electrons. The first-order valence-corrected chi connectivity index (χ1v) is 6.22. The van der Waals surface area contributed by atoms with Crippen LogP contribution in [0.1, 0.15) is 24.8 Å². The van der Waals surface area contributed by atoms with E-state index in [-0.39, 0.29) is 0 Å². The van der Waals surface area contributed by atoms with E-state index in [1.807, 2.05) is 6.07 Å². The number of likely N-dealkylation sites (tertiary alicyclic amines) is 1. The van der Waals surface area contributed by atoms with E-state index in [0.29, 0.717) is 12.3 Å². The second-order valence-corrected chi connectivity index (χ2v) is 4.81. The van der Waals surface area contributed by atoms with Crippen molar-refractivity contribution in [3.63, 3.8) is 0 Å². The fraction of sp³-hybridized carbons (Fsp3) is 0.500. The van der Waals surface area contributed by atoms with E-state index < -0.39 is 5.97 Å². The van der Waals surface area contributed by atoms with Gasteiger partial charge in [-0.1, -0.05) is 30.3 Å². The minimum atomic E-state index is -0.675. The lowest BCUT2D eigenvalue weighted by atomic mass is 10.0. The molecule has 1 aromatic carbocycles. The van der Waals surface area contributed by atoms with Gasteiger partial charge in [0.25, 0.3) is 0 Å². The summed E-state index contributed by atoms with van der Waals surface area (Å²) in [5.74, 6) is -0.110. The number of carboxylic acid groups (broad SMARTS) is 1. The monoisotopic (exact) mass is 233 g/mol. The maximum atomic E-state index is 10.5. The van der Waals surface area contributed by atoms with Gasteiger partial charge in [-0.2, -0.15) is 0 Å². The van der Waals surface area contributed by atoms with Crippen LogP contribution in [-0.4, -0.2) is 29.1 Å². The van der Waals surface area contributed by atoms with Crippen LogP contribution in [0.5, 0.6) is 0 Å². The summed E-state index contributed by atoms with van der Waals surface area (Å²) in [5, 5.41) is 8.66. The largest absolute Gasteiger partial charge is 0.481 e. The number of benzene rings is 1. The van der Waals surface area contributed by atoms with E-state index in [4.69, 9.17) is 5.11 Å². The second kappa shape index (κ2) is 5.82. The topological polar surface area (TPSA) is 40.5 Å². The molecule has 0 saturated carbocycles. The molecule has 1 heterocycles. The van der Waals surface area contributed by atoms with Gasteiger partial charge < -0.3 is 5.11 Å². The predicted octanol–water partition coefficient (Wildman–Crippen LogP) is 2.37. The van der Waals surface area contributed by atoms with Crippen molar-refractivity contribution in [3.8, 4) is 0 Å². The van der Waals surface area contributed by atoms with Crippen molar-refractivity contribution >= 4 is 5.97 Å². The fourth-order valence-electron chi connectivity index (χ4n) is 2.46. The summed E-state index contributed by atoms with van der Waals surface area (Å²) in [4.78, 5) is 12.9. The molecule has 92 valence electrons. The van der Waals surface area contributed by atoms with Gasteiger partial charge in [0.2, 0.25) is 0 Å². The Morgan fingerprint density at radius 3 is 2.82 bits per heavy atom. The summed E-state index contributed by atoms with van der Waals surface area (Å²) < 4.78 is 0. The molecule has 1 unspecified atom stereocenters. The van der Waals surface area contributed by atoms with Gasteiger partial charge in [0, 0.05) is 19.5 Å². The van der Waals surface area contributed by atoms with Crippen LogP contribution < -0.4 is 0 Å². The third kappa shape index (κ3) is 3.86. The molecule has 1 atom stereocenters. The van der Waals surface area contributed by atoms with Gasteiger partial charge in [0.05, 0.1) is 0 Å². The molecular weight excluding hydrogens is 214 g/mol. The van der Waals surface area contributed by atoms with E-state index in [1.165, 1.54) is 5.56 Å². The Hall–Kier alpha value is -1.35. The molecule has 1 saturated heterocycles. The van der Waals surface area contributed by atoms with Crippen LogP contribution in [0, 0.1) is 5.92 Å². The van der Waals surface area contributed by atoms with Gasteiger partial charge in [-0.15, -0.1) is 0 Å². The average Bonchev–Trinajstić information content (AvgIpc) is 2.75. The van der Waals surface area contributed by atoms with Crippen LogP contribution in [-0.2, 0) is 11.3 Å². The summed E-state index contributed by atoms with van der Waals surface area (Å²) in [6.45, 7) is 3.13. The molecule has 0 amide bonds. The van der Waals surface area contributed by atoms with Gasteiger partial charge in [0.1, 0.15) is 0 Å². The fourth-order valence-corrected chi connectivity index (χ4v) is 2.46. The lowest BCUT2D eigenvalue weighted by molar-refractivity contribution is -0.137. The zero-order valence-electron chi connectivity index (χ0n) is 10.0. The summed E-state index contributed by atoms with van der Waals surface area (Å²) in [5.41, 5.74) is 1.34. The zero-order valence-corrected chi connectivity index (χ0v) is 10.0. The van der Waals surface area contributed by atoms with Crippen molar-refractivity contribution in [2.45, 2.75) is 25.8 Å². The molecule has 1 aromatic rings. The summed E-state index contributed by atoms with van der Waals surface area (Å²) in [6, 6.07) is 10.4. The minimum Gasteiger partial charge on any atom is -0.481 e. The molecule has 17 heavy (non-hydrogen) atoms.